The van der Waals surface area contributed by atoms with E-state index in [4.69, 9.17) is 21.6 Å². The van der Waals surface area contributed by atoms with Gasteiger partial charge in [-0.2, -0.15) is 0 Å². The zero-order valence-electron chi connectivity index (χ0n) is 18.2. The van der Waals surface area contributed by atoms with Crippen molar-refractivity contribution in [3.8, 4) is 0 Å². The molecule has 0 aliphatic heterocycles. The molecule has 1 amide bonds. The largest absolute Gasteiger partial charge is 0.289 e. The Morgan fingerprint density at radius 3 is 2.13 bits per heavy atom. The van der Waals surface area contributed by atoms with Crippen LogP contribution in [0.25, 0.3) is 0 Å². The summed E-state index contributed by atoms with van der Waals surface area (Å²) in [4.78, 5) is 17.3. The van der Waals surface area contributed by atoms with Crippen molar-refractivity contribution in [2.75, 3.05) is 0 Å². The molecule has 168 valence electrons. The van der Waals surface area contributed by atoms with E-state index in [1.807, 2.05) is 6.92 Å². The van der Waals surface area contributed by atoms with Gasteiger partial charge in [0.15, 0.2) is 0 Å². The maximum atomic E-state index is 11.9. The number of benzene rings is 1. The Balaban J connectivity index is 0.000000528. The number of hydroxylamine groups is 1. The number of aromatic nitrogens is 2. The number of carbonyl (C=O) groups is 1. The van der Waals surface area contributed by atoms with Gasteiger partial charge >= 0.3 is 0 Å². The van der Waals surface area contributed by atoms with Crippen LogP contribution < -0.4 is 5.48 Å². The van der Waals surface area contributed by atoms with Crippen LogP contribution >= 0.6 is 11.6 Å². The molecule has 0 radical (unpaired) electrons. The summed E-state index contributed by atoms with van der Waals surface area (Å²) in [5.74, 6) is 1.65. The standard InChI is InChI=1S/C14H17ClN2.C6H5F.C3H6.CH3NO2/c1-3-11(12-6-7-12)5-4-10(2)14-16-8-13(15)9-17-14;7-6-4-2-1-3-5-6;1-3-2;3-1-2-4/h3-5,8-10,12H,6-7H2,1-2H3;1-5H;3H,1H2,2H3;1,4H,(H,2,3)/b5-4-,11-3+;;;. The molecule has 1 saturated carbocycles. The van der Waals surface area contributed by atoms with Gasteiger partial charge in [0.2, 0.25) is 6.41 Å². The van der Waals surface area contributed by atoms with E-state index in [1.54, 1.807) is 36.7 Å². The molecule has 3 rings (SSSR count). The van der Waals surface area contributed by atoms with Crippen molar-refractivity contribution in [3.63, 3.8) is 0 Å². The summed E-state index contributed by atoms with van der Waals surface area (Å²) in [6, 6.07) is 7.94. The lowest BCUT2D eigenvalue weighted by molar-refractivity contribution is -0.116. The molecule has 2 N–H and O–H groups in total. The van der Waals surface area contributed by atoms with E-state index in [2.05, 4.69) is 48.6 Å². The minimum absolute atomic E-state index is 0.178. The summed E-state index contributed by atoms with van der Waals surface area (Å²) in [7, 11) is 0. The maximum absolute atomic E-state index is 11.9. The van der Waals surface area contributed by atoms with Gasteiger partial charge in [0.1, 0.15) is 11.6 Å². The van der Waals surface area contributed by atoms with E-state index in [9.17, 15) is 4.39 Å². The van der Waals surface area contributed by atoms with Crippen LogP contribution in [0, 0.1) is 11.7 Å². The van der Waals surface area contributed by atoms with Crippen molar-refractivity contribution in [1.29, 1.82) is 0 Å². The normalized spacial score (nSPS) is 13.3. The molecule has 0 saturated heterocycles. The predicted molar refractivity (Wildman–Crippen MR) is 124 cm³/mol. The number of halogens is 2. The first kappa shape index (κ1) is 28.2. The van der Waals surface area contributed by atoms with Crippen molar-refractivity contribution in [1.82, 2.24) is 15.4 Å². The zero-order valence-corrected chi connectivity index (χ0v) is 19.0. The SMILES string of the molecule is C/C=C(\C=C/C(C)c1ncc(Cl)cn1)C1CC1.C=CC.Fc1ccccc1.O=CNO. The number of hydrogen-bond acceptors (Lipinski definition) is 4. The van der Waals surface area contributed by atoms with Crippen molar-refractivity contribution in [2.24, 2.45) is 5.92 Å². The Hall–Kier alpha value is -2.83. The Morgan fingerprint density at radius 1 is 1.26 bits per heavy atom. The number of carbonyl (C=O) groups excluding carboxylic acids is 1. The highest BCUT2D eigenvalue weighted by molar-refractivity contribution is 6.30. The number of hydrogen-bond donors (Lipinski definition) is 2. The van der Waals surface area contributed by atoms with Crippen LogP contribution in [0.1, 0.15) is 45.4 Å². The highest BCUT2D eigenvalue weighted by Crippen LogP contribution is 2.37. The summed E-state index contributed by atoms with van der Waals surface area (Å²) < 4.78 is 11.9. The lowest BCUT2D eigenvalue weighted by Gasteiger charge is -2.05. The number of nitrogens with one attached hydrogen (secondary N) is 1. The van der Waals surface area contributed by atoms with Gasteiger partial charge in [-0.1, -0.05) is 61.0 Å². The molecule has 1 aromatic carbocycles. The fraction of sp³-hybridized carbons (Fsp3) is 0.292. The average Bonchev–Trinajstić information content (AvgIpc) is 3.62. The van der Waals surface area contributed by atoms with Gasteiger partial charge in [-0.3, -0.25) is 10.0 Å². The third-order valence-corrected chi connectivity index (χ3v) is 3.99. The molecule has 31 heavy (non-hydrogen) atoms. The Bertz CT molecular complexity index is 792. The van der Waals surface area contributed by atoms with Crippen LogP contribution in [0.5, 0.6) is 0 Å². The second kappa shape index (κ2) is 18.0. The van der Waals surface area contributed by atoms with Gasteiger partial charge in [0, 0.05) is 18.3 Å². The second-order valence-electron chi connectivity index (χ2n) is 6.42. The first-order valence-electron chi connectivity index (χ1n) is 9.86. The van der Waals surface area contributed by atoms with E-state index in [0.29, 0.717) is 5.02 Å². The van der Waals surface area contributed by atoms with E-state index < -0.39 is 0 Å². The van der Waals surface area contributed by atoms with E-state index in [1.165, 1.54) is 36.0 Å². The molecule has 2 aromatic rings. The topological polar surface area (TPSA) is 75.1 Å². The molecule has 7 heteroatoms. The quantitative estimate of drug-likeness (QED) is 0.186. The van der Waals surface area contributed by atoms with Crippen LogP contribution in [-0.2, 0) is 4.79 Å². The van der Waals surface area contributed by atoms with Gasteiger partial charge in [-0.25, -0.2) is 19.8 Å². The van der Waals surface area contributed by atoms with Crippen molar-refractivity contribution < 1.29 is 14.4 Å². The third kappa shape index (κ3) is 14.7. The van der Waals surface area contributed by atoms with Crippen LogP contribution in [-0.4, -0.2) is 21.6 Å². The number of amides is 1. The van der Waals surface area contributed by atoms with E-state index in [0.717, 1.165) is 11.7 Å². The maximum Gasteiger partial charge on any atom is 0.230 e. The molecule has 1 aliphatic carbocycles. The molecule has 1 fully saturated rings. The second-order valence-corrected chi connectivity index (χ2v) is 6.86. The minimum atomic E-state index is -0.178. The fourth-order valence-electron chi connectivity index (χ4n) is 2.20. The summed E-state index contributed by atoms with van der Waals surface area (Å²) in [6.45, 7) is 9.45. The van der Waals surface area contributed by atoms with Gasteiger partial charge in [0.05, 0.1) is 5.02 Å². The number of rotatable bonds is 5. The summed E-state index contributed by atoms with van der Waals surface area (Å²) in [6.07, 6.45) is 14.4. The van der Waals surface area contributed by atoms with Gasteiger partial charge in [-0.05, 0) is 50.3 Å². The monoisotopic (exact) mass is 447 g/mol. The van der Waals surface area contributed by atoms with Crippen molar-refractivity contribution in [3.05, 3.63) is 95.8 Å². The lowest BCUT2D eigenvalue weighted by atomic mass is 10.1. The molecule has 0 bridgehead atoms. The van der Waals surface area contributed by atoms with Crippen molar-refractivity contribution in [2.45, 2.75) is 39.5 Å². The Kier molecular flexibility index (Phi) is 16.3. The van der Waals surface area contributed by atoms with Gasteiger partial charge in [0.25, 0.3) is 0 Å². The lowest BCUT2D eigenvalue weighted by Crippen LogP contribution is -1.99. The average molecular weight is 448 g/mol. The Labute approximate surface area is 189 Å². The molecule has 5 nitrogen and oxygen atoms in total. The van der Waals surface area contributed by atoms with E-state index in [-0.39, 0.29) is 18.1 Å². The first-order valence-corrected chi connectivity index (χ1v) is 10.2. The molecule has 1 atom stereocenters. The van der Waals surface area contributed by atoms with Gasteiger partial charge < -0.3 is 0 Å². The van der Waals surface area contributed by atoms with Crippen LogP contribution in [0.2, 0.25) is 5.02 Å². The fourth-order valence-corrected chi connectivity index (χ4v) is 2.30. The number of allylic oxidation sites excluding steroid dienone is 5. The smallest absolute Gasteiger partial charge is 0.230 e. The minimum Gasteiger partial charge on any atom is -0.289 e. The zero-order chi connectivity index (χ0) is 23.5. The highest BCUT2D eigenvalue weighted by Gasteiger charge is 2.23. The summed E-state index contributed by atoms with van der Waals surface area (Å²) in [5.41, 5.74) is 2.69. The molecule has 1 heterocycles. The molecular formula is C24H31ClFN3O2. The number of nitrogens with zero attached hydrogens (tertiary/aromatic N) is 2. The van der Waals surface area contributed by atoms with Crippen molar-refractivity contribution >= 4 is 18.0 Å². The molecule has 0 spiro atoms. The summed E-state index contributed by atoms with van der Waals surface area (Å²) in [5, 5.41) is 7.84. The summed E-state index contributed by atoms with van der Waals surface area (Å²) >= 11 is 5.76. The van der Waals surface area contributed by atoms with Crippen LogP contribution in [0.3, 0.4) is 0 Å². The molecular weight excluding hydrogens is 417 g/mol. The highest BCUT2D eigenvalue weighted by atomic mass is 35.5. The Morgan fingerprint density at radius 2 is 1.77 bits per heavy atom. The van der Waals surface area contributed by atoms with E-state index >= 15 is 0 Å². The van der Waals surface area contributed by atoms with Crippen LogP contribution in [0.15, 0.2) is 79.2 Å². The molecule has 1 aliphatic rings. The predicted octanol–water partition coefficient (Wildman–Crippen LogP) is 6.29. The van der Waals surface area contributed by atoms with Gasteiger partial charge in [-0.15, -0.1) is 6.58 Å². The molecule has 1 aromatic heterocycles. The first-order chi connectivity index (χ1) is 14.9. The molecule has 1 unspecified atom stereocenters. The third-order valence-electron chi connectivity index (χ3n) is 3.79. The van der Waals surface area contributed by atoms with Crippen LogP contribution in [0.4, 0.5) is 4.39 Å².